The van der Waals surface area contributed by atoms with Crippen LogP contribution in [0.4, 0.5) is 0 Å². The van der Waals surface area contributed by atoms with Gasteiger partial charge in [-0.25, -0.2) is 19.0 Å². The summed E-state index contributed by atoms with van der Waals surface area (Å²) in [6.07, 6.45) is 5.03. The maximum atomic E-state index is 12.1. The summed E-state index contributed by atoms with van der Waals surface area (Å²) in [7, 11) is 2.68. The number of rotatable bonds is 6. The van der Waals surface area contributed by atoms with Gasteiger partial charge in [0.05, 0.1) is 36.6 Å². The van der Waals surface area contributed by atoms with E-state index in [0.717, 1.165) is 26.6 Å². The molecule has 0 unspecified atom stereocenters. The molecule has 16 nitrogen and oxygen atoms in total. The maximum absolute atomic E-state index is 12.1. The molecule has 0 aliphatic carbocycles. The third-order valence-electron chi connectivity index (χ3n) is 8.73. The van der Waals surface area contributed by atoms with Gasteiger partial charge in [0.15, 0.2) is 22.6 Å². The van der Waals surface area contributed by atoms with Crippen LogP contribution in [-0.2, 0) is 20.7 Å². The van der Waals surface area contributed by atoms with E-state index in [2.05, 4.69) is 68.7 Å². The van der Waals surface area contributed by atoms with Gasteiger partial charge in [-0.15, -0.1) is 6.42 Å². The molecule has 8 aromatic rings. The largest absolute Gasteiger partial charge is 0.464 e. The number of ether oxygens (including phenoxy) is 2. The number of para-hydroxylation sites is 2. The molecule has 4 heterocycles. The van der Waals surface area contributed by atoms with E-state index in [1.54, 1.807) is 29.3 Å². The van der Waals surface area contributed by atoms with Crippen molar-refractivity contribution < 1.29 is 38.3 Å². The Labute approximate surface area is 364 Å². The Morgan fingerprint density at radius 2 is 1.18 bits per heavy atom. The topological polar surface area (TPSA) is 207 Å². The highest BCUT2D eigenvalue weighted by Gasteiger charge is 2.27. The van der Waals surface area contributed by atoms with Crippen LogP contribution in [0.1, 0.15) is 71.2 Å². The van der Waals surface area contributed by atoms with Crippen molar-refractivity contribution >= 4 is 49.7 Å². The number of methoxy groups -OCH3 is 2. The smallest absolute Gasteiger partial charge is 0.359 e. The standard InChI is InChI=1S/C22H18N4O4.C15H11BrN2O2.C7H8N2O2.CH4/c1-14-23-21(25-30-14)22(2,28)12-11-15-7-6-8-16(13-15)26-18-10-5-4-9-17(18)19(24-26)20(27)29-3;1-20-15(19)14-12-7-2-3-8-13(12)18(17-14)11-6-4-5-10(16)9-11;1-4-7(3,10)6-8-5(2)11-9-6;/h4-10,13,28H,1-3H3;2-9H,1H3;1,10H,2-3H3;1H4/t22-;;7-;/m1.1./s1. The van der Waals surface area contributed by atoms with Gasteiger partial charge in [0.2, 0.25) is 23.4 Å². The fraction of sp³-hybridized carbons (Fsp3) is 0.200. The Kier molecular flexibility index (Phi) is 14.2. The van der Waals surface area contributed by atoms with E-state index < -0.39 is 23.1 Å². The van der Waals surface area contributed by atoms with Crippen LogP contribution in [0.15, 0.2) is 111 Å². The molecule has 8 rings (SSSR count). The monoisotopic (exact) mass is 900 g/mol. The minimum atomic E-state index is -1.57. The van der Waals surface area contributed by atoms with Gasteiger partial charge in [-0.05, 0) is 62.4 Å². The minimum absolute atomic E-state index is 0. The average Bonchev–Trinajstić information content (AvgIpc) is 4.09. The van der Waals surface area contributed by atoms with Crippen molar-refractivity contribution in [3.8, 4) is 35.6 Å². The van der Waals surface area contributed by atoms with Gasteiger partial charge in [-0.2, -0.15) is 20.2 Å². The zero-order chi connectivity index (χ0) is 43.9. The molecular formula is C45H41BrN8O8. The van der Waals surface area contributed by atoms with E-state index in [-0.39, 0.29) is 24.8 Å². The van der Waals surface area contributed by atoms with Crippen molar-refractivity contribution in [2.24, 2.45) is 0 Å². The maximum Gasteiger partial charge on any atom is 0.359 e. The second-order valence-electron chi connectivity index (χ2n) is 13.4. The van der Waals surface area contributed by atoms with E-state index >= 15 is 0 Å². The first-order valence-electron chi connectivity index (χ1n) is 18.2. The average molecular weight is 902 g/mol. The fourth-order valence-corrected chi connectivity index (χ4v) is 6.04. The van der Waals surface area contributed by atoms with Gasteiger partial charge in [-0.3, -0.25) is 0 Å². The van der Waals surface area contributed by atoms with Crippen LogP contribution < -0.4 is 0 Å². The molecule has 4 aromatic heterocycles. The van der Waals surface area contributed by atoms with Crippen molar-refractivity contribution in [1.82, 2.24) is 39.8 Å². The van der Waals surface area contributed by atoms with E-state index in [1.807, 2.05) is 91.0 Å². The number of nitrogens with zero attached hydrogens (tertiary/aromatic N) is 8. The Balaban J connectivity index is 0.000000195. The van der Waals surface area contributed by atoms with E-state index in [4.69, 9.17) is 20.4 Å². The highest BCUT2D eigenvalue weighted by molar-refractivity contribution is 9.10. The third-order valence-corrected chi connectivity index (χ3v) is 9.23. The molecule has 0 aliphatic heterocycles. The Morgan fingerprint density at radius 3 is 1.63 bits per heavy atom. The van der Waals surface area contributed by atoms with Crippen LogP contribution in [-0.4, -0.2) is 76.2 Å². The Hall–Kier alpha value is -7.44. The molecule has 62 heavy (non-hydrogen) atoms. The molecular weight excluding hydrogens is 860 g/mol. The lowest BCUT2D eigenvalue weighted by molar-refractivity contribution is 0.0587. The lowest BCUT2D eigenvalue weighted by atomic mass is 10.1. The van der Waals surface area contributed by atoms with E-state index in [1.165, 1.54) is 28.1 Å². The van der Waals surface area contributed by atoms with Crippen LogP contribution in [0, 0.1) is 38.0 Å². The van der Waals surface area contributed by atoms with Gasteiger partial charge in [0, 0.05) is 34.7 Å². The van der Waals surface area contributed by atoms with Crippen LogP contribution in [0.2, 0.25) is 0 Å². The number of esters is 2. The molecule has 4 aromatic carbocycles. The van der Waals surface area contributed by atoms with Crippen molar-refractivity contribution in [1.29, 1.82) is 0 Å². The van der Waals surface area contributed by atoms with E-state index in [0.29, 0.717) is 34.1 Å². The number of aryl methyl sites for hydroxylation is 2. The first-order chi connectivity index (χ1) is 29.1. The molecule has 0 amide bonds. The van der Waals surface area contributed by atoms with Gasteiger partial charge in [0.25, 0.3) is 0 Å². The summed E-state index contributed by atoms with van der Waals surface area (Å²) in [5.41, 5.74) is 1.43. The summed E-state index contributed by atoms with van der Waals surface area (Å²) in [5, 5.41) is 37.5. The number of hydrogen-bond donors (Lipinski definition) is 2. The van der Waals surface area contributed by atoms with Gasteiger partial charge < -0.3 is 28.7 Å². The van der Waals surface area contributed by atoms with Crippen LogP contribution in [0.5, 0.6) is 0 Å². The van der Waals surface area contributed by atoms with E-state index in [9.17, 15) is 19.8 Å². The van der Waals surface area contributed by atoms with Crippen LogP contribution >= 0.6 is 15.9 Å². The van der Waals surface area contributed by atoms with Gasteiger partial charge in [0.1, 0.15) is 0 Å². The number of aromatic nitrogens is 8. The molecule has 2 atom stereocenters. The molecule has 2 N–H and O–H groups in total. The molecule has 0 radical (unpaired) electrons. The predicted octanol–water partition coefficient (Wildman–Crippen LogP) is 7.19. The van der Waals surface area contributed by atoms with Crippen molar-refractivity contribution in [3.05, 3.63) is 142 Å². The minimum Gasteiger partial charge on any atom is -0.464 e. The molecule has 316 valence electrons. The van der Waals surface area contributed by atoms with Gasteiger partial charge >= 0.3 is 11.9 Å². The number of halogens is 1. The number of benzene rings is 4. The first kappa shape index (κ1) is 45.6. The predicted molar refractivity (Wildman–Crippen MR) is 232 cm³/mol. The molecule has 0 bridgehead atoms. The molecule has 0 saturated heterocycles. The Bertz CT molecular complexity index is 2980. The molecule has 0 saturated carbocycles. The molecule has 0 spiro atoms. The lowest BCUT2D eigenvalue weighted by Gasteiger charge is -2.10. The zero-order valence-corrected chi connectivity index (χ0v) is 35.2. The fourth-order valence-electron chi connectivity index (χ4n) is 5.65. The second kappa shape index (κ2) is 19.3. The molecule has 0 fully saturated rings. The quantitative estimate of drug-likeness (QED) is 0.125. The summed E-state index contributed by atoms with van der Waals surface area (Å²) in [6, 6.07) is 30.0. The number of carbonyl (C=O) groups excluding carboxylic acids is 2. The highest BCUT2D eigenvalue weighted by Crippen LogP contribution is 2.26. The highest BCUT2D eigenvalue weighted by atomic mass is 79.9. The number of carbonyl (C=O) groups is 2. The molecule has 0 aliphatic rings. The van der Waals surface area contributed by atoms with Crippen molar-refractivity contribution in [2.45, 2.75) is 46.3 Å². The second-order valence-corrected chi connectivity index (χ2v) is 14.3. The van der Waals surface area contributed by atoms with Crippen molar-refractivity contribution in [3.63, 3.8) is 0 Å². The summed E-state index contributed by atoms with van der Waals surface area (Å²) < 4.78 is 23.6. The number of aliphatic hydroxyl groups is 2. The lowest BCUT2D eigenvalue weighted by Crippen LogP contribution is -2.20. The SMILES string of the molecule is C.C#C[C@@](C)(O)c1noc(C)n1.COC(=O)c1nn(-c2cccc(Br)c2)c2ccccc12.COC(=O)c1nn(-c2cccc(C#C[C@@](C)(O)c3noc(C)n3)c2)c2ccccc12. The summed E-state index contributed by atoms with van der Waals surface area (Å²) >= 11 is 3.44. The summed E-state index contributed by atoms with van der Waals surface area (Å²) in [4.78, 5) is 31.8. The number of terminal acetylenes is 1. The summed E-state index contributed by atoms with van der Waals surface area (Å²) in [5.74, 6) is 7.86. The molecule has 17 heteroatoms. The van der Waals surface area contributed by atoms with Crippen LogP contribution in [0.3, 0.4) is 0 Å². The third kappa shape index (κ3) is 10.1. The number of hydrogen-bond acceptors (Lipinski definition) is 14. The van der Waals surface area contributed by atoms with Crippen LogP contribution in [0.25, 0.3) is 33.2 Å². The Morgan fingerprint density at radius 1 is 0.710 bits per heavy atom. The van der Waals surface area contributed by atoms with Crippen molar-refractivity contribution in [2.75, 3.05) is 14.2 Å². The number of fused-ring (bicyclic) bond motifs is 2. The van der Waals surface area contributed by atoms with Gasteiger partial charge in [-0.1, -0.05) is 100.0 Å². The normalized spacial score (nSPS) is 12.4. The first-order valence-corrected chi connectivity index (χ1v) is 19.0. The summed E-state index contributed by atoms with van der Waals surface area (Å²) in [6.45, 7) is 6.19. The zero-order valence-electron chi connectivity index (χ0n) is 33.6.